The molecule has 2 N–H and O–H groups in total. The Morgan fingerprint density at radius 1 is 0.951 bits per heavy atom. The van der Waals surface area contributed by atoms with E-state index in [1.54, 1.807) is 48.5 Å². The van der Waals surface area contributed by atoms with Gasteiger partial charge in [-0.3, -0.25) is 4.79 Å². The normalized spacial score (nSPS) is 11.0. The predicted octanol–water partition coefficient (Wildman–Crippen LogP) is 6.87. The highest BCUT2D eigenvalue weighted by Gasteiger charge is 2.31. The van der Waals surface area contributed by atoms with E-state index in [2.05, 4.69) is 26.6 Å². The van der Waals surface area contributed by atoms with Crippen LogP contribution >= 0.6 is 28.1 Å². The molecule has 4 aromatic carbocycles. The molecule has 4 aromatic rings. The van der Waals surface area contributed by atoms with Crippen LogP contribution in [0.4, 0.5) is 15.8 Å². The van der Waals surface area contributed by atoms with Gasteiger partial charge in [0.1, 0.15) is 16.5 Å². The first-order chi connectivity index (χ1) is 19.7. The summed E-state index contributed by atoms with van der Waals surface area (Å²) in [5, 5.41) is 5.50. The van der Waals surface area contributed by atoms with Crippen LogP contribution in [0.15, 0.2) is 106 Å². The molecule has 0 aliphatic heterocycles. The zero-order valence-electron chi connectivity index (χ0n) is 22.0. The van der Waals surface area contributed by atoms with Gasteiger partial charge < -0.3 is 15.4 Å². The van der Waals surface area contributed by atoms with Crippen LogP contribution in [-0.4, -0.2) is 36.9 Å². The van der Waals surface area contributed by atoms with Crippen LogP contribution in [0.2, 0.25) is 0 Å². The number of nitrogens with one attached hydrogen (secondary N) is 2. The monoisotopic (exact) mass is 655 g/mol. The Morgan fingerprint density at radius 3 is 2.34 bits per heavy atom. The summed E-state index contributed by atoms with van der Waals surface area (Å²) >= 11 is 8.88. The van der Waals surface area contributed by atoms with E-state index >= 15 is 4.39 Å². The summed E-state index contributed by atoms with van der Waals surface area (Å²) in [5.41, 5.74) is 1.78. The standard InChI is InChI=1S/C30H27BrFN3O4S2/c1-2-39-27-11-7-6-10-26(27)34-29(36)22-12-17-25(32)28(20-22)41(37,38)35(19-18-21-8-4-3-5-9-21)30(40)33-24-15-13-23(31)14-16-24/h3-17,20H,2,18-19H2,1H3,(H,33,40)(H,34,36). The lowest BCUT2D eigenvalue weighted by Gasteiger charge is -2.26. The minimum absolute atomic E-state index is 0.0499. The second kappa shape index (κ2) is 13.7. The Kier molecular flexibility index (Phi) is 10.1. The number of ether oxygens (including phenoxy) is 1. The maximum Gasteiger partial charge on any atom is 0.269 e. The van der Waals surface area contributed by atoms with Crippen LogP contribution < -0.4 is 15.4 Å². The number of sulfonamides is 1. The van der Waals surface area contributed by atoms with Gasteiger partial charge in [0.05, 0.1) is 12.3 Å². The van der Waals surface area contributed by atoms with Crippen LogP contribution in [0.3, 0.4) is 0 Å². The Balaban J connectivity index is 1.65. The van der Waals surface area contributed by atoms with Crippen molar-refractivity contribution in [2.24, 2.45) is 0 Å². The third kappa shape index (κ3) is 7.69. The van der Waals surface area contributed by atoms with E-state index in [0.29, 0.717) is 30.2 Å². The van der Waals surface area contributed by atoms with Gasteiger partial charge in [0.25, 0.3) is 15.9 Å². The number of benzene rings is 4. The lowest BCUT2D eigenvalue weighted by Crippen LogP contribution is -2.41. The zero-order valence-corrected chi connectivity index (χ0v) is 25.2. The van der Waals surface area contributed by atoms with Gasteiger partial charge in [-0.25, -0.2) is 17.1 Å². The van der Waals surface area contributed by atoms with E-state index in [1.165, 1.54) is 6.07 Å². The van der Waals surface area contributed by atoms with Crippen LogP contribution in [0.1, 0.15) is 22.8 Å². The molecule has 0 spiro atoms. The molecule has 0 aromatic heterocycles. The van der Waals surface area contributed by atoms with E-state index in [1.807, 2.05) is 37.3 Å². The van der Waals surface area contributed by atoms with Gasteiger partial charge in [-0.1, -0.05) is 58.4 Å². The second-order valence-corrected chi connectivity index (χ2v) is 11.9. The smallest absolute Gasteiger partial charge is 0.269 e. The van der Waals surface area contributed by atoms with E-state index in [-0.39, 0.29) is 17.2 Å². The molecule has 41 heavy (non-hydrogen) atoms. The molecular weight excluding hydrogens is 629 g/mol. The second-order valence-electron chi connectivity index (χ2n) is 8.78. The maximum absolute atomic E-state index is 15.2. The highest BCUT2D eigenvalue weighted by molar-refractivity contribution is 9.10. The molecule has 1 amide bonds. The van der Waals surface area contributed by atoms with Crippen LogP contribution in [0.25, 0.3) is 0 Å². The first-order valence-electron chi connectivity index (χ1n) is 12.6. The van der Waals surface area contributed by atoms with E-state index in [4.69, 9.17) is 17.0 Å². The molecule has 0 atom stereocenters. The minimum atomic E-state index is -4.53. The number of anilines is 2. The number of rotatable bonds is 10. The quantitative estimate of drug-likeness (QED) is 0.181. The summed E-state index contributed by atoms with van der Waals surface area (Å²) in [6.45, 7) is 2.14. The number of carbonyl (C=O) groups excluding carboxylic acids is 1. The summed E-state index contributed by atoms with van der Waals surface area (Å²) in [5.74, 6) is -1.18. The molecule has 212 valence electrons. The number of thiocarbonyl (C=S) groups is 1. The van der Waals surface area contributed by atoms with Crippen molar-refractivity contribution in [1.82, 2.24) is 4.31 Å². The van der Waals surface area contributed by atoms with Gasteiger partial charge in [0, 0.05) is 22.3 Å². The van der Waals surface area contributed by atoms with E-state index < -0.39 is 26.6 Å². The fourth-order valence-electron chi connectivity index (χ4n) is 3.93. The van der Waals surface area contributed by atoms with Crippen molar-refractivity contribution in [3.63, 3.8) is 0 Å². The molecule has 0 saturated heterocycles. The Morgan fingerprint density at radius 2 is 1.63 bits per heavy atom. The highest BCUT2D eigenvalue weighted by atomic mass is 79.9. The van der Waals surface area contributed by atoms with Crippen molar-refractivity contribution >= 4 is 60.6 Å². The molecule has 0 aliphatic carbocycles. The van der Waals surface area contributed by atoms with Gasteiger partial charge in [-0.2, -0.15) is 0 Å². The molecule has 0 fully saturated rings. The summed E-state index contributed by atoms with van der Waals surface area (Å²) in [4.78, 5) is 12.4. The fourth-order valence-corrected chi connectivity index (χ4v) is 6.12. The third-order valence-electron chi connectivity index (χ3n) is 5.96. The topological polar surface area (TPSA) is 87.7 Å². The molecule has 0 aliphatic rings. The summed E-state index contributed by atoms with van der Waals surface area (Å²) in [6, 6.07) is 26.3. The van der Waals surface area contributed by atoms with Crippen molar-refractivity contribution in [3.8, 4) is 5.75 Å². The number of amides is 1. The van der Waals surface area contributed by atoms with Crippen molar-refractivity contribution in [1.29, 1.82) is 0 Å². The average molecular weight is 657 g/mol. The lowest BCUT2D eigenvalue weighted by molar-refractivity contribution is 0.102. The summed E-state index contributed by atoms with van der Waals surface area (Å²) in [7, 11) is -4.53. The van der Waals surface area contributed by atoms with Gasteiger partial charge in [-0.15, -0.1) is 0 Å². The van der Waals surface area contributed by atoms with Crippen molar-refractivity contribution < 1.29 is 22.3 Å². The Hall–Kier alpha value is -3.80. The number of nitrogens with zero attached hydrogens (tertiary/aromatic N) is 1. The fraction of sp³-hybridized carbons (Fsp3) is 0.133. The summed E-state index contributed by atoms with van der Waals surface area (Å²) in [6.07, 6.45) is 0.318. The maximum atomic E-state index is 15.2. The first kappa shape index (κ1) is 30.2. The van der Waals surface area contributed by atoms with Crippen molar-refractivity contribution in [2.45, 2.75) is 18.2 Å². The van der Waals surface area contributed by atoms with Gasteiger partial charge >= 0.3 is 0 Å². The van der Waals surface area contributed by atoms with Crippen molar-refractivity contribution in [3.05, 3.63) is 118 Å². The average Bonchev–Trinajstić information content (AvgIpc) is 2.96. The molecular formula is C30H27BrFN3O4S2. The minimum Gasteiger partial charge on any atom is -0.492 e. The highest BCUT2D eigenvalue weighted by Crippen LogP contribution is 2.27. The lowest BCUT2D eigenvalue weighted by atomic mass is 10.1. The first-order valence-corrected chi connectivity index (χ1v) is 15.3. The van der Waals surface area contributed by atoms with Crippen LogP contribution in [-0.2, 0) is 16.4 Å². The van der Waals surface area contributed by atoms with Gasteiger partial charge in [0.15, 0.2) is 5.11 Å². The number of hydrogen-bond acceptors (Lipinski definition) is 5. The number of para-hydroxylation sites is 2. The van der Waals surface area contributed by atoms with Gasteiger partial charge in [-0.05, 0) is 85.7 Å². The molecule has 11 heteroatoms. The number of hydrogen-bond donors (Lipinski definition) is 2. The van der Waals surface area contributed by atoms with Gasteiger partial charge in [0.2, 0.25) is 0 Å². The number of halogens is 2. The van der Waals surface area contributed by atoms with E-state index in [9.17, 15) is 13.2 Å². The zero-order chi connectivity index (χ0) is 29.4. The third-order valence-corrected chi connectivity index (χ3v) is 8.75. The molecule has 0 bridgehead atoms. The SMILES string of the molecule is CCOc1ccccc1NC(=O)c1ccc(F)c(S(=O)(=O)N(CCc2ccccc2)C(=S)Nc2ccc(Br)cc2)c1. The molecule has 7 nitrogen and oxygen atoms in total. The summed E-state index contributed by atoms with van der Waals surface area (Å²) < 4.78 is 50.3. The number of carbonyl (C=O) groups is 1. The molecule has 0 unspecified atom stereocenters. The Labute approximate surface area is 252 Å². The molecule has 0 radical (unpaired) electrons. The molecule has 4 rings (SSSR count). The van der Waals surface area contributed by atoms with E-state index in [0.717, 1.165) is 26.5 Å². The van der Waals surface area contributed by atoms with Crippen LogP contribution in [0.5, 0.6) is 5.75 Å². The van der Waals surface area contributed by atoms with Crippen molar-refractivity contribution in [2.75, 3.05) is 23.8 Å². The Bertz CT molecular complexity index is 1640. The van der Waals surface area contributed by atoms with Crippen LogP contribution in [0, 0.1) is 5.82 Å². The molecule has 0 heterocycles. The molecule has 0 saturated carbocycles. The predicted molar refractivity (Wildman–Crippen MR) is 166 cm³/mol. The largest absolute Gasteiger partial charge is 0.492 e.